The van der Waals surface area contributed by atoms with Crippen LogP contribution >= 0.6 is 0 Å². The lowest BCUT2D eigenvalue weighted by atomic mass is 10.1. The molecule has 0 amide bonds. The summed E-state index contributed by atoms with van der Waals surface area (Å²) in [4.78, 5) is 17.9. The Morgan fingerprint density at radius 2 is 1.97 bits per heavy atom. The number of fused-ring (bicyclic) bond motifs is 2. The summed E-state index contributed by atoms with van der Waals surface area (Å²) in [6.45, 7) is 0.520. The minimum atomic E-state index is -0.335. The van der Waals surface area contributed by atoms with Crippen LogP contribution in [0.4, 0.5) is 17.3 Å². The lowest BCUT2D eigenvalue weighted by molar-refractivity contribution is 0.171. The summed E-state index contributed by atoms with van der Waals surface area (Å²) in [5, 5.41) is 26.2. The van der Waals surface area contributed by atoms with Gasteiger partial charge in [-0.2, -0.15) is 0 Å². The second-order valence-electron chi connectivity index (χ2n) is 8.48. The van der Waals surface area contributed by atoms with Gasteiger partial charge in [0.2, 0.25) is 5.65 Å². The Kier molecular flexibility index (Phi) is 5.19. The van der Waals surface area contributed by atoms with Gasteiger partial charge < -0.3 is 15.7 Å². The Labute approximate surface area is 195 Å². The van der Waals surface area contributed by atoms with Crippen molar-refractivity contribution in [3.8, 4) is 0 Å². The van der Waals surface area contributed by atoms with Crippen LogP contribution in [0.15, 0.2) is 61.1 Å². The summed E-state index contributed by atoms with van der Waals surface area (Å²) in [7, 11) is 0. The number of nitrogens with zero attached hydrogens (tertiary/aromatic N) is 7. The second kappa shape index (κ2) is 8.64. The molecule has 0 spiro atoms. The van der Waals surface area contributed by atoms with Crippen molar-refractivity contribution >= 4 is 39.5 Å². The number of nitrogens with one attached hydrogen (secondary N) is 2. The number of pyridine rings is 2. The average Bonchev–Trinajstić information content (AvgIpc) is 3.45. The van der Waals surface area contributed by atoms with Crippen LogP contribution in [0.5, 0.6) is 0 Å². The quantitative estimate of drug-likeness (QED) is 0.355. The molecule has 1 fully saturated rings. The first-order valence-electron chi connectivity index (χ1n) is 11.3. The predicted octanol–water partition coefficient (Wildman–Crippen LogP) is 3.28. The summed E-state index contributed by atoms with van der Waals surface area (Å²) >= 11 is 0. The molecule has 2 atom stereocenters. The molecular weight excluding hydrogens is 430 g/mol. The highest BCUT2D eigenvalue weighted by atomic mass is 16.3. The van der Waals surface area contributed by atoms with Crippen molar-refractivity contribution in [2.45, 2.75) is 38.0 Å². The van der Waals surface area contributed by atoms with Crippen LogP contribution < -0.4 is 10.6 Å². The van der Waals surface area contributed by atoms with Crippen LogP contribution in [-0.4, -0.2) is 52.2 Å². The molecule has 10 heteroatoms. The molecule has 0 radical (unpaired) electrons. The molecular formula is C24H23N9O. The molecule has 4 heterocycles. The first-order valence-corrected chi connectivity index (χ1v) is 11.3. The van der Waals surface area contributed by atoms with Gasteiger partial charge in [-0.1, -0.05) is 17.3 Å². The fourth-order valence-electron chi connectivity index (χ4n) is 4.35. The molecule has 1 aromatic carbocycles. The number of hydrogen-bond acceptors (Lipinski definition) is 9. The molecule has 0 bridgehead atoms. The molecule has 1 aliphatic carbocycles. The van der Waals surface area contributed by atoms with Gasteiger partial charge in [-0.15, -0.1) is 5.10 Å². The maximum atomic E-state index is 10.1. The van der Waals surface area contributed by atoms with E-state index in [1.807, 2.05) is 36.4 Å². The highest BCUT2D eigenvalue weighted by molar-refractivity contribution is 5.79. The van der Waals surface area contributed by atoms with Crippen LogP contribution in [0, 0.1) is 0 Å². The third-order valence-corrected chi connectivity index (χ3v) is 6.07. The van der Waals surface area contributed by atoms with Gasteiger partial charge in [0.05, 0.1) is 30.4 Å². The van der Waals surface area contributed by atoms with Crippen LogP contribution in [-0.2, 0) is 6.54 Å². The number of anilines is 3. The third kappa shape index (κ3) is 4.11. The van der Waals surface area contributed by atoms with E-state index >= 15 is 0 Å². The monoisotopic (exact) mass is 453 g/mol. The Morgan fingerprint density at radius 1 is 1.00 bits per heavy atom. The smallest absolute Gasteiger partial charge is 0.221 e. The standard InChI is InChI=1S/C24H23N9O/c34-20-5-1-4-19(20)29-21-12-17(8-10-26-21)28-22-13-27-23-24(30-22)33(32-31-23)14-15-6-7-18-16(11-15)3-2-9-25-18/h2-3,6-13,19-20,34H,1,4-5,14H2,(H2,26,28,29,30)/t19-,20-/m1/s1. The largest absolute Gasteiger partial charge is 0.391 e. The van der Waals surface area contributed by atoms with Crippen LogP contribution in [0.3, 0.4) is 0 Å². The van der Waals surface area contributed by atoms with Gasteiger partial charge in [0, 0.05) is 29.5 Å². The molecule has 4 aromatic heterocycles. The number of hydrogen-bond donors (Lipinski definition) is 3. The van der Waals surface area contributed by atoms with Crippen molar-refractivity contribution < 1.29 is 5.11 Å². The summed E-state index contributed by atoms with van der Waals surface area (Å²) < 4.78 is 1.74. The fourth-order valence-corrected chi connectivity index (χ4v) is 4.35. The maximum Gasteiger partial charge on any atom is 0.221 e. The lowest BCUT2D eigenvalue weighted by Crippen LogP contribution is -2.28. The van der Waals surface area contributed by atoms with E-state index in [2.05, 4.69) is 42.0 Å². The molecule has 34 heavy (non-hydrogen) atoms. The number of benzene rings is 1. The predicted molar refractivity (Wildman–Crippen MR) is 129 cm³/mol. The van der Waals surface area contributed by atoms with E-state index in [0.717, 1.165) is 41.4 Å². The van der Waals surface area contributed by atoms with Crippen molar-refractivity contribution in [3.05, 3.63) is 66.6 Å². The Balaban J connectivity index is 1.23. The summed E-state index contributed by atoms with van der Waals surface area (Å²) in [6.07, 6.45) is 7.59. The van der Waals surface area contributed by atoms with E-state index in [1.165, 1.54) is 0 Å². The zero-order valence-corrected chi connectivity index (χ0v) is 18.3. The van der Waals surface area contributed by atoms with Crippen molar-refractivity contribution in [2.75, 3.05) is 10.6 Å². The molecule has 0 unspecified atom stereocenters. The Bertz CT molecular complexity index is 1470. The van der Waals surface area contributed by atoms with Crippen molar-refractivity contribution in [3.63, 3.8) is 0 Å². The first kappa shape index (κ1) is 20.4. The molecule has 5 aromatic rings. The fraction of sp³-hybridized carbons (Fsp3) is 0.250. The van der Waals surface area contributed by atoms with Gasteiger partial charge in [0.25, 0.3) is 0 Å². The number of aliphatic hydroxyl groups is 1. The molecule has 170 valence electrons. The SMILES string of the molecule is O[C@@H]1CCC[C@H]1Nc1cc(Nc2cnc3nnn(Cc4ccc5ncccc5c4)c3n2)ccn1. The third-order valence-electron chi connectivity index (χ3n) is 6.07. The van der Waals surface area contributed by atoms with Crippen molar-refractivity contribution in [2.24, 2.45) is 0 Å². The van der Waals surface area contributed by atoms with Gasteiger partial charge >= 0.3 is 0 Å². The molecule has 1 saturated carbocycles. The lowest BCUT2D eigenvalue weighted by Gasteiger charge is -2.17. The first-order chi connectivity index (χ1) is 16.7. The topological polar surface area (TPSA) is 127 Å². The minimum absolute atomic E-state index is 0.0326. The molecule has 3 N–H and O–H groups in total. The second-order valence-corrected chi connectivity index (χ2v) is 8.48. The van der Waals surface area contributed by atoms with E-state index in [-0.39, 0.29) is 12.1 Å². The van der Waals surface area contributed by atoms with Crippen LogP contribution in [0.1, 0.15) is 24.8 Å². The average molecular weight is 454 g/mol. The van der Waals surface area contributed by atoms with Gasteiger partial charge in [0.1, 0.15) is 5.82 Å². The molecule has 10 nitrogen and oxygen atoms in total. The summed E-state index contributed by atoms with van der Waals surface area (Å²) in [5.74, 6) is 1.29. The Morgan fingerprint density at radius 3 is 2.88 bits per heavy atom. The zero-order chi connectivity index (χ0) is 22.9. The summed E-state index contributed by atoms with van der Waals surface area (Å²) in [6, 6.07) is 13.9. The highest BCUT2D eigenvalue weighted by Gasteiger charge is 2.25. The molecule has 1 aliphatic rings. The number of aromatic nitrogens is 7. The van der Waals surface area contributed by atoms with Gasteiger partial charge in [0.15, 0.2) is 11.5 Å². The van der Waals surface area contributed by atoms with Gasteiger partial charge in [-0.05, 0) is 49.1 Å². The van der Waals surface area contributed by atoms with E-state index < -0.39 is 0 Å². The number of aliphatic hydroxyl groups excluding tert-OH is 1. The van der Waals surface area contributed by atoms with E-state index in [0.29, 0.717) is 29.5 Å². The molecule has 0 saturated heterocycles. The highest BCUT2D eigenvalue weighted by Crippen LogP contribution is 2.24. The maximum absolute atomic E-state index is 10.1. The molecule has 0 aliphatic heterocycles. The molecule has 6 rings (SSSR count). The van der Waals surface area contributed by atoms with Crippen molar-refractivity contribution in [1.82, 2.24) is 34.9 Å². The van der Waals surface area contributed by atoms with Crippen LogP contribution in [0.2, 0.25) is 0 Å². The minimum Gasteiger partial charge on any atom is -0.391 e. The van der Waals surface area contributed by atoms with Gasteiger partial charge in [-0.3, -0.25) is 4.98 Å². The number of rotatable bonds is 6. The van der Waals surface area contributed by atoms with Crippen LogP contribution in [0.25, 0.3) is 22.2 Å². The normalized spacial score (nSPS) is 17.9. The van der Waals surface area contributed by atoms with Crippen molar-refractivity contribution in [1.29, 1.82) is 0 Å². The Hall–Kier alpha value is -4.18. The van der Waals surface area contributed by atoms with E-state index in [1.54, 1.807) is 23.3 Å². The zero-order valence-electron chi connectivity index (χ0n) is 18.3. The van der Waals surface area contributed by atoms with Gasteiger partial charge in [-0.25, -0.2) is 19.6 Å². The summed E-state index contributed by atoms with van der Waals surface area (Å²) in [5.41, 5.74) is 3.93. The van der Waals surface area contributed by atoms with E-state index in [4.69, 9.17) is 4.98 Å². The van der Waals surface area contributed by atoms with E-state index in [9.17, 15) is 5.11 Å².